The van der Waals surface area contributed by atoms with Crippen LogP contribution in [0.4, 0.5) is 0 Å². The quantitative estimate of drug-likeness (QED) is 0.428. The summed E-state index contributed by atoms with van der Waals surface area (Å²) in [6, 6.07) is 7.61. The molecule has 8 nitrogen and oxygen atoms in total. The topological polar surface area (TPSA) is 137 Å². The Morgan fingerprint density at radius 2 is 2.04 bits per heavy atom. The van der Waals surface area contributed by atoms with Gasteiger partial charge in [-0.15, -0.1) is 0 Å². The number of hydrogen-bond donors (Lipinski definition) is 5. The number of H-pyrrole nitrogens is 2. The minimum Gasteiger partial charge on any atom is -0.480 e. The summed E-state index contributed by atoms with van der Waals surface area (Å²) in [7, 11) is 0. The van der Waals surface area contributed by atoms with Gasteiger partial charge >= 0.3 is 5.97 Å². The fourth-order valence-electron chi connectivity index (χ4n) is 2.67. The number of nitrogens with zero attached hydrogens (tertiary/aromatic N) is 1. The Bertz CT molecular complexity index is 838. The van der Waals surface area contributed by atoms with E-state index in [0.29, 0.717) is 5.69 Å². The van der Waals surface area contributed by atoms with Crippen molar-refractivity contribution in [3.8, 4) is 0 Å². The van der Waals surface area contributed by atoms with E-state index in [2.05, 4.69) is 20.3 Å². The molecule has 1 aromatic carbocycles. The summed E-state index contributed by atoms with van der Waals surface area (Å²) in [6.07, 6.45) is 3.47. The first-order valence-corrected chi connectivity index (χ1v) is 7.85. The van der Waals surface area contributed by atoms with Gasteiger partial charge < -0.3 is 26.1 Å². The molecule has 130 valence electrons. The van der Waals surface area contributed by atoms with E-state index in [1.54, 1.807) is 6.20 Å². The number of benzene rings is 1. The summed E-state index contributed by atoms with van der Waals surface area (Å²) in [6.45, 7) is 0. The number of nitrogens with one attached hydrogen (secondary N) is 3. The number of carboxylic acids is 1. The molecule has 0 aliphatic rings. The lowest BCUT2D eigenvalue weighted by Crippen LogP contribution is -2.50. The van der Waals surface area contributed by atoms with E-state index in [1.807, 2.05) is 30.3 Å². The maximum atomic E-state index is 12.2. The molecule has 0 saturated carbocycles. The zero-order valence-electron chi connectivity index (χ0n) is 13.4. The first kappa shape index (κ1) is 16.7. The molecule has 0 aliphatic heterocycles. The third-order valence-electron chi connectivity index (χ3n) is 3.96. The minimum absolute atomic E-state index is 0.145. The zero-order valence-corrected chi connectivity index (χ0v) is 13.4. The van der Waals surface area contributed by atoms with Crippen molar-refractivity contribution in [1.82, 2.24) is 20.3 Å². The number of aromatic amines is 2. The van der Waals surface area contributed by atoms with Gasteiger partial charge in [0.1, 0.15) is 6.04 Å². The fourth-order valence-corrected chi connectivity index (χ4v) is 2.67. The van der Waals surface area contributed by atoms with Crippen molar-refractivity contribution in [2.45, 2.75) is 24.9 Å². The Morgan fingerprint density at radius 1 is 1.24 bits per heavy atom. The van der Waals surface area contributed by atoms with Gasteiger partial charge in [0, 0.05) is 35.9 Å². The maximum Gasteiger partial charge on any atom is 0.326 e. The van der Waals surface area contributed by atoms with E-state index < -0.39 is 24.0 Å². The average Bonchev–Trinajstić information content (AvgIpc) is 3.22. The molecule has 2 heterocycles. The van der Waals surface area contributed by atoms with E-state index in [-0.39, 0.29) is 12.8 Å². The van der Waals surface area contributed by atoms with Crippen LogP contribution in [0.15, 0.2) is 42.9 Å². The highest BCUT2D eigenvalue weighted by molar-refractivity contribution is 5.87. The molecule has 0 saturated heterocycles. The highest BCUT2D eigenvalue weighted by atomic mass is 16.4. The molecule has 2 aromatic heterocycles. The standard InChI is InChI=1S/C17H19N5O3/c18-13(6-12-8-19-9-20-12)16(23)22-15(17(24)25)7-11-5-10-3-1-2-4-14(10)21-11/h1-5,8-9,13,15,21H,6-7,18H2,(H,19,20)(H,22,23)(H,24,25)/t13-,15-/m0/s1. The summed E-state index contributed by atoms with van der Waals surface area (Å²) in [5.41, 5.74) is 8.22. The Kier molecular flexibility index (Phi) is 4.80. The molecule has 0 aliphatic carbocycles. The average molecular weight is 341 g/mol. The van der Waals surface area contributed by atoms with Crippen LogP contribution >= 0.6 is 0 Å². The molecule has 0 spiro atoms. The molecule has 0 fully saturated rings. The fraction of sp³-hybridized carbons (Fsp3) is 0.235. The van der Waals surface area contributed by atoms with E-state index in [0.717, 1.165) is 16.6 Å². The lowest BCUT2D eigenvalue weighted by Gasteiger charge is -2.17. The van der Waals surface area contributed by atoms with Gasteiger partial charge in [0.25, 0.3) is 0 Å². The minimum atomic E-state index is -1.11. The van der Waals surface area contributed by atoms with E-state index in [4.69, 9.17) is 5.73 Å². The van der Waals surface area contributed by atoms with Crippen molar-refractivity contribution in [3.05, 3.63) is 54.2 Å². The van der Waals surface area contributed by atoms with Crippen molar-refractivity contribution >= 4 is 22.8 Å². The second-order valence-corrected chi connectivity index (χ2v) is 5.87. The van der Waals surface area contributed by atoms with Gasteiger partial charge in [-0.1, -0.05) is 18.2 Å². The SMILES string of the molecule is N[C@@H](Cc1cnc[nH]1)C(=O)N[C@@H](Cc1cc2ccccc2[nH]1)C(=O)O. The van der Waals surface area contributed by atoms with Crippen LogP contribution in [-0.4, -0.2) is 44.0 Å². The normalized spacial score (nSPS) is 13.5. The number of carbonyl (C=O) groups excluding carboxylic acids is 1. The van der Waals surface area contributed by atoms with Crippen LogP contribution in [0.25, 0.3) is 10.9 Å². The number of nitrogens with two attached hydrogens (primary N) is 1. The lowest BCUT2D eigenvalue weighted by molar-refractivity contribution is -0.142. The number of aromatic nitrogens is 3. The second kappa shape index (κ2) is 7.18. The van der Waals surface area contributed by atoms with E-state index >= 15 is 0 Å². The molecule has 0 radical (unpaired) electrons. The number of carboxylic acid groups (broad SMARTS) is 1. The highest BCUT2D eigenvalue weighted by Crippen LogP contribution is 2.16. The summed E-state index contributed by atoms with van der Waals surface area (Å²) in [5, 5.41) is 12.9. The van der Waals surface area contributed by atoms with Crippen LogP contribution < -0.4 is 11.1 Å². The maximum absolute atomic E-state index is 12.2. The van der Waals surface area contributed by atoms with Gasteiger partial charge in [0.2, 0.25) is 5.91 Å². The smallest absolute Gasteiger partial charge is 0.326 e. The number of rotatable bonds is 7. The number of imidazole rings is 1. The number of amides is 1. The summed E-state index contributed by atoms with van der Waals surface area (Å²) in [4.78, 5) is 33.6. The lowest BCUT2D eigenvalue weighted by atomic mass is 10.1. The van der Waals surface area contributed by atoms with Crippen LogP contribution in [0.3, 0.4) is 0 Å². The van der Waals surface area contributed by atoms with Crippen molar-refractivity contribution < 1.29 is 14.7 Å². The number of carbonyl (C=O) groups is 2. The molecule has 3 aromatic rings. The molecule has 0 bridgehead atoms. The van der Waals surface area contributed by atoms with Crippen LogP contribution in [0, 0.1) is 0 Å². The van der Waals surface area contributed by atoms with E-state index in [9.17, 15) is 14.7 Å². The molecular weight excluding hydrogens is 322 g/mol. The summed E-state index contributed by atoms with van der Waals surface area (Å²) >= 11 is 0. The van der Waals surface area contributed by atoms with Crippen LogP contribution in [0.5, 0.6) is 0 Å². The van der Waals surface area contributed by atoms with Crippen molar-refractivity contribution in [1.29, 1.82) is 0 Å². The molecule has 6 N–H and O–H groups in total. The third kappa shape index (κ3) is 4.04. The monoisotopic (exact) mass is 341 g/mol. The van der Waals surface area contributed by atoms with Gasteiger partial charge in [-0.2, -0.15) is 0 Å². The van der Waals surface area contributed by atoms with Crippen molar-refractivity contribution in [3.63, 3.8) is 0 Å². The van der Waals surface area contributed by atoms with Gasteiger partial charge in [-0.3, -0.25) is 4.79 Å². The Balaban J connectivity index is 1.66. The Hall–Kier alpha value is -3.13. The Morgan fingerprint density at radius 3 is 2.72 bits per heavy atom. The molecule has 2 atom stereocenters. The van der Waals surface area contributed by atoms with Crippen LogP contribution in [0.1, 0.15) is 11.4 Å². The predicted molar refractivity (Wildman–Crippen MR) is 91.8 cm³/mol. The second-order valence-electron chi connectivity index (χ2n) is 5.87. The molecular formula is C17H19N5O3. The number of hydrogen-bond acceptors (Lipinski definition) is 4. The van der Waals surface area contributed by atoms with Crippen LogP contribution in [0.2, 0.25) is 0 Å². The molecule has 25 heavy (non-hydrogen) atoms. The Labute approximate surface area is 143 Å². The first-order chi connectivity index (χ1) is 12.0. The van der Waals surface area contributed by atoms with Gasteiger partial charge in [0.15, 0.2) is 0 Å². The number of aliphatic carboxylic acids is 1. The number of para-hydroxylation sites is 1. The molecule has 0 unspecified atom stereocenters. The molecule has 3 rings (SSSR count). The molecule has 8 heteroatoms. The highest BCUT2D eigenvalue weighted by Gasteiger charge is 2.24. The van der Waals surface area contributed by atoms with Crippen molar-refractivity contribution in [2.24, 2.45) is 5.73 Å². The summed E-state index contributed by atoms with van der Waals surface area (Å²) < 4.78 is 0. The van der Waals surface area contributed by atoms with Crippen molar-refractivity contribution in [2.75, 3.05) is 0 Å². The third-order valence-corrected chi connectivity index (χ3v) is 3.96. The first-order valence-electron chi connectivity index (χ1n) is 7.85. The molecule has 1 amide bonds. The predicted octanol–water partition coefficient (Wildman–Crippen LogP) is 0.573. The van der Waals surface area contributed by atoms with Crippen LogP contribution in [-0.2, 0) is 22.4 Å². The summed E-state index contributed by atoms with van der Waals surface area (Å²) in [5.74, 6) is -1.63. The van der Waals surface area contributed by atoms with Gasteiger partial charge in [-0.25, -0.2) is 9.78 Å². The number of fused-ring (bicyclic) bond motifs is 1. The van der Waals surface area contributed by atoms with Gasteiger partial charge in [-0.05, 0) is 17.5 Å². The van der Waals surface area contributed by atoms with Gasteiger partial charge in [0.05, 0.1) is 12.4 Å². The largest absolute Gasteiger partial charge is 0.480 e. The zero-order chi connectivity index (χ0) is 17.8. The van der Waals surface area contributed by atoms with E-state index in [1.165, 1.54) is 6.33 Å².